The van der Waals surface area contributed by atoms with E-state index in [-0.39, 0.29) is 5.92 Å². The second-order valence-electron chi connectivity index (χ2n) is 5.99. The average molecular weight is 260 g/mol. The molecular weight excluding hydrogens is 240 g/mol. The molecule has 0 saturated carbocycles. The fraction of sp³-hybridized carbons (Fsp3) is 0.600. The lowest BCUT2D eigenvalue weighted by Gasteiger charge is -2.31. The molecule has 0 aromatic carbocycles. The molecular formula is C15H20N2O2. The van der Waals surface area contributed by atoms with Crippen LogP contribution in [-0.4, -0.2) is 10.9 Å². The lowest BCUT2D eigenvalue weighted by molar-refractivity contribution is -0.116. The first-order chi connectivity index (χ1) is 9.08. The number of carbonyl (C=O) groups excluding carboxylic acids is 1. The third kappa shape index (κ3) is 1.99. The molecule has 3 rings (SSSR count). The van der Waals surface area contributed by atoms with E-state index in [0.717, 1.165) is 47.7 Å². The van der Waals surface area contributed by atoms with Crippen LogP contribution >= 0.6 is 0 Å². The van der Waals surface area contributed by atoms with Gasteiger partial charge in [0.15, 0.2) is 5.78 Å². The Labute approximate surface area is 113 Å². The van der Waals surface area contributed by atoms with Crippen molar-refractivity contribution in [2.45, 2.75) is 52.4 Å². The van der Waals surface area contributed by atoms with Crippen LogP contribution < -0.4 is 5.32 Å². The van der Waals surface area contributed by atoms with E-state index in [1.807, 2.05) is 6.92 Å². The largest absolute Gasteiger partial charge is 0.338 e. The number of aromatic nitrogens is 1. The Bertz CT molecular complexity index is 554. The number of nitrogens with zero attached hydrogens (tertiary/aromatic N) is 1. The number of hydrogen-bond donors (Lipinski definition) is 1. The highest BCUT2D eigenvalue weighted by Crippen LogP contribution is 2.45. The predicted molar refractivity (Wildman–Crippen MR) is 72.9 cm³/mol. The first-order valence-corrected chi connectivity index (χ1v) is 7.07. The van der Waals surface area contributed by atoms with Gasteiger partial charge >= 0.3 is 0 Å². The number of nitrogens with one attached hydrogen (secondary N) is 1. The summed E-state index contributed by atoms with van der Waals surface area (Å²) in [6, 6.07) is 0. The number of rotatable bonds is 2. The molecule has 1 aromatic rings. The summed E-state index contributed by atoms with van der Waals surface area (Å²) in [7, 11) is 0. The normalized spacial score (nSPS) is 22.3. The van der Waals surface area contributed by atoms with Crippen molar-refractivity contribution in [3.05, 3.63) is 22.5 Å². The maximum absolute atomic E-state index is 12.3. The van der Waals surface area contributed by atoms with Crippen molar-refractivity contribution in [2.24, 2.45) is 5.92 Å². The molecule has 102 valence electrons. The van der Waals surface area contributed by atoms with Crippen molar-refractivity contribution >= 4 is 11.7 Å². The van der Waals surface area contributed by atoms with E-state index < -0.39 is 0 Å². The van der Waals surface area contributed by atoms with Gasteiger partial charge in [-0.1, -0.05) is 19.0 Å². The molecule has 2 heterocycles. The third-order valence-corrected chi connectivity index (χ3v) is 4.03. The molecule has 0 radical (unpaired) electrons. The average Bonchev–Trinajstić information content (AvgIpc) is 2.70. The number of ketones is 1. The van der Waals surface area contributed by atoms with Crippen molar-refractivity contribution in [3.8, 4) is 0 Å². The standard InChI is InChI=1S/C15H20N2O2/c1-8(2)7-10-13-9(3)17-19-15(13)16-11-5-4-6-12(18)14(10)11/h8,10,16H,4-7H2,1-3H3/t10-/m1/s1. The zero-order valence-electron chi connectivity index (χ0n) is 11.7. The summed E-state index contributed by atoms with van der Waals surface area (Å²) in [6.45, 7) is 6.34. The first kappa shape index (κ1) is 12.5. The maximum Gasteiger partial charge on any atom is 0.232 e. The van der Waals surface area contributed by atoms with E-state index in [1.165, 1.54) is 0 Å². The number of carbonyl (C=O) groups is 1. The maximum atomic E-state index is 12.3. The molecule has 0 fully saturated rings. The molecule has 4 heteroatoms. The number of aryl methyl sites for hydroxylation is 1. The molecule has 0 saturated heterocycles. The van der Waals surface area contributed by atoms with Crippen LogP contribution in [0.25, 0.3) is 0 Å². The molecule has 1 N–H and O–H groups in total. The number of fused-ring (bicyclic) bond motifs is 1. The van der Waals surface area contributed by atoms with Crippen LogP contribution in [-0.2, 0) is 4.79 Å². The lowest BCUT2D eigenvalue weighted by atomic mass is 9.76. The fourth-order valence-corrected chi connectivity index (χ4v) is 3.26. The molecule has 0 spiro atoms. The molecule has 0 bridgehead atoms. The Morgan fingerprint density at radius 2 is 2.21 bits per heavy atom. The van der Waals surface area contributed by atoms with Crippen LogP contribution in [0.1, 0.15) is 56.7 Å². The molecule has 1 aliphatic carbocycles. The minimum Gasteiger partial charge on any atom is -0.338 e. The van der Waals surface area contributed by atoms with Crippen molar-refractivity contribution < 1.29 is 9.32 Å². The zero-order valence-corrected chi connectivity index (χ0v) is 11.7. The minimum absolute atomic E-state index is 0.158. The number of Topliss-reactive ketones (excluding diaryl/α,β-unsaturated/α-hetero) is 1. The molecule has 1 atom stereocenters. The first-order valence-electron chi connectivity index (χ1n) is 7.07. The summed E-state index contributed by atoms with van der Waals surface area (Å²) in [4.78, 5) is 12.3. The summed E-state index contributed by atoms with van der Waals surface area (Å²) < 4.78 is 5.38. The number of anilines is 1. The molecule has 1 aromatic heterocycles. The van der Waals surface area contributed by atoms with E-state index in [9.17, 15) is 4.79 Å². The summed E-state index contributed by atoms with van der Waals surface area (Å²) in [6.07, 6.45) is 3.52. The molecule has 2 aliphatic rings. The van der Waals surface area contributed by atoms with E-state index >= 15 is 0 Å². The topological polar surface area (TPSA) is 55.1 Å². The van der Waals surface area contributed by atoms with E-state index in [4.69, 9.17) is 4.52 Å². The van der Waals surface area contributed by atoms with Crippen molar-refractivity contribution in [1.82, 2.24) is 5.16 Å². The summed E-state index contributed by atoms with van der Waals surface area (Å²) in [5, 5.41) is 7.35. The molecule has 0 unspecified atom stereocenters. The Balaban J connectivity index is 2.10. The van der Waals surface area contributed by atoms with E-state index in [0.29, 0.717) is 18.1 Å². The van der Waals surface area contributed by atoms with Crippen LogP contribution in [0.5, 0.6) is 0 Å². The monoisotopic (exact) mass is 260 g/mol. The van der Waals surface area contributed by atoms with Gasteiger partial charge in [0.1, 0.15) is 0 Å². The highest BCUT2D eigenvalue weighted by molar-refractivity contribution is 6.00. The highest BCUT2D eigenvalue weighted by atomic mass is 16.5. The van der Waals surface area contributed by atoms with Crippen LogP contribution in [0.3, 0.4) is 0 Å². The second-order valence-corrected chi connectivity index (χ2v) is 5.99. The van der Waals surface area contributed by atoms with E-state index in [2.05, 4.69) is 24.3 Å². The number of allylic oxidation sites excluding steroid dienone is 2. The van der Waals surface area contributed by atoms with Gasteiger partial charge in [0, 0.05) is 29.2 Å². The van der Waals surface area contributed by atoms with Gasteiger partial charge in [-0.3, -0.25) is 4.79 Å². The van der Waals surface area contributed by atoms with Crippen LogP contribution in [0.15, 0.2) is 15.8 Å². The fourth-order valence-electron chi connectivity index (χ4n) is 3.26. The second kappa shape index (κ2) is 4.51. The Kier molecular flexibility index (Phi) is 2.96. The Morgan fingerprint density at radius 1 is 1.42 bits per heavy atom. The van der Waals surface area contributed by atoms with Crippen molar-refractivity contribution in [3.63, 3.8) is 0 Å². The lowest BCUT2D eigenvalue weighted by Crippen LogP contribution is -2.26. The minimum atomic E-state index is 0.158. The van der Waals surface area contributed by atoms with Gasteiger partial charge in [-0.05, 0) is 32.1 Å². The quantitative estimate of drug-likeness (QED) is 0.883. The van der Waals surface area contributed by atoms with Crippen LogP contribution in [0, 0.1) is 12.8 Å². The van der Waals surface area contributed by atoms with Gasteiger partial charge in [0.05, 0.1) is 5.69 Å². The Morgan fingerprint density at radius 3 is 2.95 bits per heavy atom. The predicted octanol–water partition coefficient (Wildman–Crippen LogP) is 3.55. The van der Waals surface area contributed by atoms with Crippen molar-refractivity contribution in [2.75, 3.05) is 5.32 Å². The highest BCUT2D eigenvalue weighted by Gasteiger charge is 2.37. The smallest absolute Gasteiger partial charge is 0.232 e. The molecule has 0 amide bonds. The Hall–Kier alpha value is -1.58. The van der Waals surface area contributed by atoms with Gasteiger partial charge in [-0.2, -0.15) is 0 Å². The van der Waals surface area contributed by atoms with Crippen LogP contribution in [0.4, 0.5) is 5.88 Å². The van der Waals surface area contributed by atoms with Crippen LogP contribution in [0.2, 0.25) is 0 Å². The molecule has 1 aliphatic heterocycles. The summed E-state index contributed by atoms with van der Waals surface area (Å²) >= 11 is 0. The summed E-state index contributed by atoms with van der Waals surface area (Å²) in [5.41, 5.74) is 4.03. The zero-order chi connectivity index (χ0) is 13.6. The van der Waals surface area contributed by atoms with Gasteiger partial charge in [-0.15, -0.1) is 0 Å². The third-order valence-electron chi connectivity index (χ3n) is 4.03. The van der Waals surface area contributed by atoms with Gasteiger partial charge < -0.3 is 9.84 Å². The van der Waals surface area contributed by atoms with Gasteiger partial charge in [0.25, 0.3) is 0 Å². The van der Waals surface area contributed by atoms with E-state index in [1.54, 1.807) is 0 Å². The molecule has 19 heavy (non-hydrogen) atoms. The van der Waals surface area contributed by atoms with Gasteiger partial charge in [0.2, 0.25) is 5.88 Å². The SMILES string of the molecule is Cc1noc2c1[C@@H](CC(C)C)C1=C(CCCC1=O)N2. The molecule has 4 nitrogen and oxygen atoms in total. The van der Waals surface area contributed by atoms with Gasteiger partial charge in [-0.25, -0.2) is 0 Å². The van der Waals surface area contributed by atoms with Crippen molar-refractivity contribution in [1.29, 1.82) is 0 Å². The number of hydrogen-bond acceptors (Lipinski definition) is 4. The summed E-state index contributed by atoms with van der Waals surface area (Å²) in [5.74, 6) is 1.74.